The minimum Gasteiger partial charge on any atom is -0.492 e. The summed E-state index contributed by atoms with van der Waals surface area (Å²) in [6.45, 7) is 11.5. The van der Waals surface area contributed by atoms with Gasteiger partial charge in [-0.25, -0.2) is 0 Å². The number of likely N-dealkylation sites (tertiary alicyclic amines) is 1. The van der Waals surface area contributed by atoms with E-state index >= 15 is 0 Å². The van der Waals surface area contributed by atoms with Gasteiger partial charge in [0.2, 0.25) is 0 Å². The van der Waals surface area contributed by atoms with Gasteiger partial charge in [-0.2, -0.15) is 0 Å². The lowest BCUT2D eigenvalue weighted by molar-refractivity contribution is 0.215. The second kappa shape index (κ2) is 8.45. The zero-order valence-corrected chi connectivity index (χ0v) is 17.1. The van der Waals surface area contributed by atoms with E-state index in [1.54, 1.807) is 0 Å². The van der Waals surface area contributed by atoms with Gasteiger partial charge in [0.1, 0.15) is 12.4 Å². The van der Waals surface area contributed by atoms with Gasteiger partial charge in [0.25, 0.3) is 0 Å². The van der Waals surface area contributed by atoms with Crippen molar-refractivity contribution in [1.82, 2.24) is 4.90 Å². The van der Waals surface area contributed by atoms with Gasteiger partial charge in [-0.05, 0) is 48.1 Å². The molecule has 1 saturated heterocycles. The van der Waals surface area contributed by atoms with Crippen LogP contribution in [0.1, 0.15) is 38.3 Å². The van der Waals surface area contributed by atoms with Crippen LogP contribution in [-0.2, 0) is 11.8 Å². The predicted molar refractivity (Wildman–Crippen MR) is 113 cm³/mol. The molecule has 1 atom stereocenters. The molecule has 1 aliphatic heterocycles. The lowest BCUT2D eigenvalue weighted by atomic mass is 9.75. The number of ether oxygens (including phenoxy) is 1. The Balaban J connectivity index is 1.89. The summed E-state index contributed by atoms with van der Waals surface area (Å²) in [6, 6.07) is 19.6. The molecule has 1 unspecified atom stereocenters. The van der Waals surface area contributed by atoms with Crippen molar-refractivity contribution in [2.45, 2.75) is 39.0 Å². The molecule has 0 amide bonds. The van der Waals surface area contributed by atoms with Gasteiger partial charge in [0.15, 0.2) is 0 Å². The van der Waals surface area contributed by atoms with Crippen LogP contribution in [0.15, 0.2) is 54.6 Å². The van der Waals surface area contributed by atoms with E-state index in [0.29, 0.717) is 18.6 Å². The number of hydrogen-bond acceptors (Lipinski definition) is 3. The van der Waals surface area contributed by atoms with E-state index in [1.165, 1.54) is 17.5 Å². The zero-order chi connectivity index (χ0) is 19.3. The van der Waals surface area contributed by atoms with Gasteiger partial charge in [-0.15, -0.1) is 0 Å². The third-order valence-corrected chi connectivity index (χ3v) is 5.35. The Bertz CT molecular complexity index is 723. The molecule has 1 heterocycles. The molecule has 0 saturated carbocycles. The van der Waals surface area contributed by atoms with Crippen molar-refractivity contribution in [1.29, 1.82) is 0 Å². The van der Waals surface area contributed by atoms with Crippen molar-refractivity contribution < 1.29 is 4.74 Å². The third-order valence-electron chi connectivity index (χ3n) is 5.35. The smallest absolute Gasteiger partial charge is 0.119 e. The predicted octanol–water partition coefficient (Wildman–Crippen LogP) is 4.26. The van der Waals surface area contributed by atoms with Crippen LogP contribution in [0.4, 0.5) is 0 Å². The van der Waals surface area contributed by atoms with E-state index in [0.717, 1.165) is 31.8 Å². The van der Waals surface area contributed by atoms with Crippen molar-refractivity contribution in [2.75, 3.05) is 32.8 Å². The minimum absolute atomic E-state index is 0.134. The first kappa shape index (κ1) is 19.9. The molecule has 2 aromatic carbocycles. The van der Waals surface area contributed by atoms with Crippen LogP contribution < -0.4 is 10.5 Å². The first-order chi connectivity index (χ1) is 12.9. The van der Waals surface area contributed by atoms with Gasteiger partial charge < -0.3 is 15.4 Å². The maximum absolute atomic E-state index is 5.82. The van der Waals surface area contributed by atoms with Crippen LogP contribution in [0.5, 0.6) is 5.75 Å². The van der Waals surface area contributed by atoms with Crippen LogP contribution in [-0.4, -0.2) is 37.7 Å². The lowest BCUT2D eigenvalue weighted by Crippen LogP contribution is -2.36. The van der Waals surface area contributed by atoms with E-state index in [1.807, 2.05) is 6.07 Å². The lowest BCUT2D eigenvalue weighted by Gasteiger charge is -2.32. The van der Waals surface area contributed by atoms with E-state index in [9.17, 15) is 0 Å². The maximum Gasteiger partial charge on any atom is 0.119 e. The van der Waals surface area contributed by atoms with Crippen LogP contribution >= 0.6 is 0 Å². The molecule has 1 fully saturated rings. The highest BCUT2D eigenvalue weighted by atomic mass is 16.5. The summed E-state index contributed by atoms with van der Waals surface area (Å²) in [7, 11) is 0. The standard InChI is InChI=1S/C24H34N2O/c1-23(2,3)18-26-14-12-24(19-26,17-20-8-5-4-6-9-20)21-10-7-11-22(16-21)27-15-13-25/h4-11,16H,12-15,17-19,25H2,1-3H3. The summed E-state index contributed by atoms with van der Waals surface area (Å²) >= 11 is 0. The molecule has 0 aromatic heterocycles. The molecule has 0 spiro atoms. The molecule has 3 rings (SSSR count). The fourth-order valence-electron chi connectivity index (χ4n) is 4.33. The average Bonchev–Trinajstić information content (AvgIpc) is 3.03. The van der Waals surface area contributed by atoms with Gasteiger partial charge >= 0.3 is 0 Å². The number of hydrogen-bond donors (Lipinski definition) is 1. The van der Waals surface area contributed by atoms with Crippen molar-refractivity contribution in [3.8, 4) is 5.75 Å². The molecule has 1 aliphatic rings. The number of nitrogens with two attached hydrogens (primary N) is 1. The van der Waals surface area contributed by atoms with Crippen molar-refractivity contribution >= 4 is 0 Å². The van der Waals surface area contributed by atoms with E-state index in [4.69, 9.17) is 10.5 Å². The van der Waals surface area contributed by atoms with Crippen LogP contribution in [0.3, 0.4) is 0 Å². The Morgan fingerprint density at radius 1 is 1.07 bits per heavy atom. The molecule has 3 heteroatoms. The highest BCUT2D eigenvalue weighted by molar-refractivity contribution is 5.37. The summed E-state index contributed by atoms with van der Waals surface area (Å²) in [5, 5.41) is 0. The Labute approximate surface area is 164 Å². The van der Waals surface area contributed by atoms with E-state index < -0.39 is 0 Å². The summed E-state index contributed by atoms with van der Waals surface area (Å²) < 4.78 is 5.82. The highest BCUT2D eigenvalue weighted by Gasteiger charge is 2.40. The topological polar surface area (TPSA) is 38.5 Å². The molecule has 27 heavy (non-hydrogen) atoms. The monoisotopic (exact) mass is 366 g/mol. The first-order valence-electron chi connectivity index (χ1n) is 10.1. The summed E-state index contributed by atoms with van der Waals surface area (Å²) in [5.74, 6) is 0.930. The second-order valence-corrected chi connectivity index (χ2v) is 9.13. The fourth-order valence-corrected chi connectivity index (χ4v) is 4.33. The van der Waals surface area contributed by atoms with Gasteiger partial charge in [0, 0.05) is 25.0 Å². The van der Waals surface area contributed by atoms with Crippen LogP contribution in [0.25, 0.3) is 0 Å². The molecule has 3 nitrogen and oxygen atoms in total. The minimum atomic E-state index is 0.134. The Morgan fingerprint density at radius 3 is 2.56 bits per heavy atom. The average molecular weight is 367 g/mol. The largest absolute Gasteiger partial charge is 0.492 e. The first-order valence-corrected chi connectivity index (χ1v) is 10.1. The SMILES string of the molecule is CC(C)(C)CN1CCC(Cc2ccccc2)(c2cccc(OCCN)c2)C1. The third kappa shape index (κ3) is 5.33. The van der Waals surface area contributed by atoms with E-state index in [2.05, 4.69) is 74.2 Å². The van der Waals surface area contributed by atoms with Crippen LogP contribution in [0.2, 0.25) is 0 Å². The summed E-state index contributed by atoms with van der Waals surface area (Å²) in [4.78, 5) is 2.64. The molecule has 2 aromatic rings. The van der Waals surface area contributed by atoms with Crippen molar-refractivity contribution in [3.63, 3.8) is 0 Å². The van der Waals surface area contributed by atoms with Crippen LogP contribution in [0, 0.1) is 5.41 Å². The number of benzene rings is 2. The molecule has 0 bridgehead atoms. The maximum atomic E-state index is 5.82. The van der Waals surface area contributed by atoms with E-state index in [-0.39, 0.29) is 5.41 Å². The number of nitrogens with zero attached hydrogens (tertiary/aromatic N) is 1. The normalized spacial score (nSPS) is 20.7. The zero-order valence-electron chi connectivity index (χ0n) is 17.1. The van der Waals surface area contributed by atoms with Gasteiger partial charge in [-0.1, -0.05) is 63.2 Å². The quantitative estimate of drug-likeness (QED) is 0.796. The number of rotatable bonds is 7. The fraction of sp³-hybridized carbons (Fsp3) is 0.500. The molecule has 2 N–H and O–H groups in total. The summed E-state index contributed by atoms with van der Waals surface area (Å²) in [6.07, 6.45) is 2.24. The molecule has 146 valence electrons. The van der Waals surface area contributed by atoms with Gasteiger partial charge in [0.05, 0.1) is 0 Å². The van der Waals surface area contributed by atoms with Crippen molar-refractivity contribution in [3.05, 3.63) is 65.7 Å². The van der Waals surface area contributed by atoms with Crippen molar-refractivity contribution in [2.24, 2.45) is 11.1 Å². The van der Waals surface area contributed by atoms with Gasteiger partial charge in [-0.3, -0.25) is 0 Å². The molecular weight excluding hydrogens is 332 g/mol. The Morgan fingerprint density at radius 2 is 1.85 bits per heavy atom. The molecular formula is C24H34N2O. The Hall–Kier alpha value is -1.84. The second-order valence-electron chi connectivity index (χ2n) is 9.13. The highest BCUT2D eigenvalue weighted by Crippen LogP contribution is 2.40. The molecule has 0 aliphatic carbocycles. The Kier molecular flexibility index (Phi) is 6.23. The summed E-state index contributed by atoms with van der Waals surface area (Å²) in [5.41, 5.74) is 8.85. The molecule has 0 radical (unpaired) electrons.